The molecule has 1 heterocycles. The average molecular weight is 448 g/mol. The van der Waals surface area contributed by atoms with E-state index in [0.29, 0.717) is 0 Å². The second-order valence-corrected chi connectivity index (χ2v) is 7.16. The first-order chi connectivity index (χ1) is 10.2. The molecule has 4 rings (SSSR count). The van der Waals surface area contributed by atoms with Crippen molar-refractivity contribution in [3.63, 3.8) is 0 Å². The minimum absolute atomic E-state index is 1.11. The summed E-state index contributed by atoms with van der Waals surface area (Å²) in [5.41, 5.74) is 3.68. The van der Waals surface area contributed by atoms with Crippen molar-refractivity contribution in [3.05, 3.63) is 74.8 Å². The largest absolute Gasteiger partial charge is 0.309 e. The van der Waals surface area contributed by atoms with Crippen LogP contribution in [0.4, 0.5) is 0 Å². The summed E-state index contributed by atoms with van der Waals surface area (Å²) in [6, 6.07) is 23.7. The first-order valence-corrected chi connectivity index (χ1v) is 8.56. The molecule has 1 nitrogen and oxygen atoms in total. The Morgan fingerprint density at radius 3 is 2.43 bits per heavy atom. The van der Waals surface area contributed by atoms with Gasteiger partial charge in [-0.05, 0) is 65.1 Å². The third kappa shape index (κ3) is 2.19. The maximum atomic E-state index is 3.58. The predicted molar refractivity (Wildman–Crippen MR) is 101 cm³/mol. The SMILES string of the molecule is Brc1ccc2c(c1)c1ccccc1n2-c1cccc(I)c1. The van der Waals surface area contributed by atoms with Crippen molar-refractivity contribution in [2.45, 2.75) is 0 Å². The third-order valence-electron chi connectivity index (χ3n) is 3.70. The van der Waals surface area contributed by atoms with E-state index in [1.807, 2.05) is 0 Å². The van der Waals surface area contributed by atoms with Gasteiger partial charge in [0.1, 0.15) is 0 Å². The van der Waals surface area contributed by atoms with Gasteiger partial charge in [-0.2, -0.15) is 0 Å². The molecule has 0 unspecified atom stereocenters. The zero-order valence-corrected chi connectivity index (χ0v) is 14.8. The standard InChI is InChI=1S/C18H11BrIN/c19-12-8-9-18-16(10-12)15-6-1-2-7-17(15)21(18)14-5-3-4-13(20)11-14/h1-11H. The van der Waals surface area contributed by atoms with E-state index in [0.717, 1.165) is 4.47 Å². The molecule has 0 fully saturated rings. The lowest BCUT2D eigenvalue weighted by Crippen LogP contribution is -1.93. The van der Waals surface area contributed by atoms with E-state index in [2.05, 4.69) is 110 Å². The number of halogens is 2. The number of para-hydroxylation sites is 1. The van der Waals surface area contributed by atoms with E-state index in [4.69, 9.17) is 0 Å². The minimum atomic E-state index is 1.11. The Balaban J connectivity index is 2.20. The first-order valence-electron chi connectivity index (χ1n) is 6.69. The van der Waals surface area contributed by atoms with Crippen molar-refractivity contribution in [1.82, 2.24) is 4.57 Å². The van der Waals surface area contributed by atoms with Crippen molar-refractivity contribution in [3.8, 4) is 5.69 Å². The van der Waals surface area contributed by atoms with Gasteiger partial charge >= 0.3 is 0 Å². The van der Waals surface area contributed by atoms with Gasteiger partial charge in [-0.3, -0.25) is 0 Å². The van der Waals surface area contributed by atoms with Crippen LogP contribution in [0.2, 0.25) is 0 Å². The average Bonchev–Trinajstić information content (AvgIpc) is 2.81. The highest BCUT2D eigenvalue weighted by Gasteiger charge is 2.11. The highest BCUT2D eigenvalue weighted by molar-refractivity contribution is 14.1. The van der Waals surface area contributed by atoms with Crippen LogP contribution >= 0.6 is 38.5 Å². The quantitative estimate of drug-likeness (QED) is 0.308. The number of benzene rings is 3. The Kier molecular flexibility index (Phi) is 3.27. The molecule has 3 aromatic carbocycles. The molecule has 0 saturated heterocycles. The molecule has 21 heavy (non-hydrogen) atoms. The maximum absolute atomic E-state index is 3.58. The minimum Gasteiger partial charge on any atom is -0.309 e. The van der Waals surface area contributed by atoms with Gasteiger partial charge in [0.15, 0.2) is 0 Å². The summed E-state index contributed by atoms with van der Waals surface area (Å²) in [5, 5.41) is 2.56. The van der Waals surface area contributed by atoms with Crippen LogP contribution in [-0.2, 0) is 0 Å². The zero-order valence-electron chi connectivity index (χ0n) is 11.1. The lowest BCUT2D eigenvalue weighted by atomic mass is 10.2. The smallest absolute Gasteiger partial charge is 0.0541 e. The van der Waals surface area contributed by atoms with E-state index >= 15 is 0 Å². The van der Waals surface area contributed by atoms with Gasteiger partial charge in [0.25, 0.3) is 0 Å². The van der Waals surface area contributed by atoms with Crippen LogP contribution in [0, 0.1) is 3.57 Å². The number of hydrogen-bond donors (Lipinski definition) is 0. The van der Waals surface area contributed by atoms with Gasteiger partial charge in [-0.1, -0.05) is 40.2 Å². The maximum Gasteiger partial charge on any atom is 0.0541 e. The summed E-state index contributed by atoms with van der Waals surface area (Å²) >= 11 is 5.95. The van der Waals surface area contributed by atoms with Gasteiger partial charge in [-0.25, -0.2) is 0 Å². The molecule has 0 amide bonds. The van der Waals surface area contributed by atoms with Crippen LogP contribution in [-0.4, -0.2) is 4.57 Å². The summed E-state index contributed by atoms with van der Waals surface area (Å²) in [6.07, 6.45) is 0. The highest BCUT2D eigenvalue weighted by Crippen LogP contribution is 2.33. The molecular formula is C18H11BrIN. The fourth-order valence-electron chi connectivity index (χ4n) is 2.84. The van der Waals surface area contributed by atoms with Crippen LogP contribution in [0.1, 0.15) is 0 Å². The van der Waals surface area contributed by atoms with E-state index in [1.54, 1.807) is 0 Å². The van der Waals surface area contributed by atoms with E-state index in [9.17, 15) is 0 Å². The van der Waals surface area contributed by atoms with Crippen LogP contribution < -0.4 is 0 Å². The molecule has 0 aliphatic rings. The number of nitrogens with zero attached hydrogens (tertiary/aromatic N) is 1. The Hall–Kier alpha value is -1.33. The second-order valence-electron chi connectivity index (χ2n) is 4.99. The van der Waals surface area contributed by atoms with Gasteiger partial charge in [0.2, 0.25) is 0 Å². The van der Waals surface area contributed by atoms with Crippen molar-refractivity contribution in [2.75, 3.05) is 0 Å². The molecule has 0 atom stereocenters. The molecule has 0 bridgehead atoms. The molecule has 1 aromatic heterocycles. The highest BCUT2D eigenvalue weighted by atomic mass is 127. The molecule has 0 aliphatic carbocycles. The topological polar surface area (TPSA) is 4.93 Å². The van der Waals surface area contributed by atoms with Gasteiger partial charge in [-0.15, -0.1) is 0 Å². The van der Waals surface area contributed by atoms with Crippen molar-refractivity contribution < 1.29 is 0 Å². The van der Waals surface area contributed by atoms with Gasteiger partial charge in [0.05, 0.1) is 11.0 Å². The monoisotopic (exact) mass is 447 g/mol. The first kappa shape index (κ1) is 13.3. The van der Waals surface area contributed by atoms with Gasteiger partial charge in [0, 0.05) is 24.5 Å². The van der Waals surface area contributed by atoms with Crippen molar-refractivity contribution in [1.29, 1.82) is 0 Å². The van der Waals surface area contributed by atoms with E-state index < -0.39 is 0 Å². The number of fused-ring (bicyclic) bond motifs is 3. The Morgan fingerprint density at radius 2 is 1.57 bits per heavy atom. The molecular weight excluding hydrogens is 437 g/mol. The van der Waals surface area contributed by atoms with Crippen molar-refractivity contribution in [2.24, 2.45) is 0 Å². The lowest BCUT2D eigenvalue weighted by molar-refractivity contribution is 1.18. The van der Waals surface area contributed by atoms with Gasteiger partial charge < -0.3 is 4.57 Å². The third-order valence-corrected chi connectivity index (χ3v) is 4.87. The summed E-state index contributed by atoms with van der Waals surface area (Å²) < 4.78 is 4.69. The fraction of sp³-hybridized carbons (Fsp3) is 0. The molecule has 3 heteroatoms. The van der Waals surface area contributed by atoms with Crippen LogP contribution in [0.3, 0.4) is 0 Å². The molecule has 0 aliphatic heterocycles. The number of hydrogen-bond acceptors (Lipinski definition) is 0. The van der Waals surface area contributed by atoms with Crippen molar-refractivity contribution >= 4 is 60.3 Å². The lowest BCUT2D eigenvalue weighted by Gasteiger charge is -2.08. The molecule has 4 aromatic rings. The molecule has 0 radical (unpaired) electrons. The van der Waals surface area contributed by atoms with Crippen LogP contribution in [0.5, 0.6) is 0 Å². The molecule has 102 valence electrons. The second kappa shape index (κ2) is 5.14. The molecule has 0 N–H and O–H groups in total. The Bertz CT molecular complexity index is 971. The number of rotatable bonds is 1. The summed E-state index contributed by atoms with van der Waals surface area (Å²) in [6.45, 7) is 0. The predicted octanol–water partition coefficient (Wildman–Crippen LogP) is 6.15. The number of aromatic nitrogens is 1. The normalized spacial score (nSPS) is 11.3. The van der Waals surface area contributed by atoms with Crippen LogP contribution in [0.15, 0.2) is 71.2 Å². The van der Waals surface area contributed by atoms with Crippen LogP contribution in [0.25, 0.3) is 27.5 Å². The van der Waals surface area contributed by atoms with E-state index in [-0.39, 0.29) is 0 Å². The fourth-order valence-corrected chi connectivity index (χ4v) is 3.73. The summed E-state index contributed by atoms with van der Waals surface area (Å²) in [5.74, 6) is 0. The van der Waals surface area contributed by atoms with E-state index in [1.165, 1.54) is 31.1 Å². The molecule has 0 spiro atoms. The molecule has 0 saturated carbocycles. The summed E-state index contributed by atoms with van der Waals surface area (Å²) in [7, 11) is 0. The Labute approximate surface area is 144 Å². The zero-order chi connectivity index (χ0) is 14.4. The Morgan fingerprint density at radius 1 is 0.762 bits per heavy atom. The summed E-state index contributed by atoms with van der Waals surface area (Å²) in [4.78, 5) is 0.